The number of nitrogens with one attached hydrogen (secondary N) is 1. The molecule has 1 aromatic rings. The molecule has 0 saturated carbocycles. The van der Waals surface area contributed by atoms with E-state index in [0.29, 0.717) is 0 Å². The van der Waals surface area contributed by atoms with Crippen LogP contribution in [0.3, 0.4) is 0 Å². The molecular weight excluding hydrogens is 198 g/mol. The van der Waals surface area contributed by atoms with Crippen LogP contribution in [0.4, 0.5) is 0 Å². The van der Waals surface area contributed by atoms with Gasteiger partial charge >= 0.3 is 0 Å². The molecule has 1 atom stereocenters. The van der Waals surface area contributed by atoms with Gasteiger partial charge in [0.2, 0.25) is 5.91 Å². The minimum absolute atomic E-state index is 0.0982. The molecule has 1 N–H and O–H groups in total. The molecule has 2 nitrogen and oxygen atoms in total. The van der Waals surface area contributed by atoms with Crippen molar-refractivity contribution in [3.8, 4) is 0 Å². The van der Waals surface area contributed by atoms with Gasteiger partial charge in [-0.15, -0.1) is 0 Å². The van der Waals surface area contributed by atoms with E-state index in [2.05, 4.69) is 50.0 Å². The monoisotopic (exact) mass is 217 g/mol. The standard InChI is InChI=1S/C14H19NO/c1-4-13(15-14(16)5-2)10-12-8-6-11(3)7-9-12/h5-9,13H,2,4,10H2,1,3H3,(H,15,16). The van der Waals surface area contributed by atoms with Crippen LogP contribution in [-0.4, -0.2) is 11.9 Å². The minimum Gasteiger partial charge on any atom is -0.350 e. The lowest BCUT2D eigenvalue weighted by Gasteiger charge is -2.15. The molecule has 1 rings (SSSR count). The molecule has 0 bridgehead atoms. The Kier molecular flexibility index (Phi) is 4.77. The van der Waals surface area contributed by atoms with Crippen LogP contribution in [0, 0.1) is 6.92 Å². The van der Waals surface area contributed by atoms with E-state index in [1.165, 1.54) is 17.2 Å². The van der Waals surface area contributed by atoms with Crippen LogP contribution in [-0.2, 0) is 11.2 Å². The zero-order valence-electron chi connectivity index (χ0n) is 9.99. The Balaban J connectivity index is 2.59. The van der Waals surface area contributed by atoms with E-state index >= 15 is 0 Å². The largest absolute Gasteiger partial charge is 0.350 e. The van der Waals surface area contributed by atoms with E-state index in [0.717, 1.165) is 12.8 Å². The second-order valence-corrected chi connectivity index (χ2v) is 4.01. The third kappa shape index (κ3) is 3.89. The van der Waals surface area contributed by atoms with E-state index in [-0.39, 0.29) is 11.9 Å². The summed E-state index contributed by atoms with van der Waals surface area (Å²) in [7, 11) is 0. The van der Waals surface area contributed by atoms with Crippen LogP contribution in [0.1, 0.15) is 24.5 Å². The van der Waals surface area contributed by atoms with Gasteiger partial charge in [0.15, 0.2) is 0 Å². The fourth-order valence-electron chi connectivity index (χ4n) is 1.57. The SMILES string of the molecule is C=CC(=O)NC(CC)Cc1ccc(C)cc1. The Morgan fingerprint density at radius 1 is 1.44 bits per heavy atom. The minimum atomic E-state index is -0.0982. The van der Waals surface area contributed by atoms with E-state index in [1.807, 2.05) is 0 Å². The predicted octanol–water partition coefficient (Wildman–Crippen LogP) is 2.62. The van der Waals surface area contributed by atoms with E-state index < -0.39 is 0 Å². The van der Waals surface area contributed by atoms with Crippen LogP contribution in [0.2, 0.25) is 0 Å². The molecule has 0 aliphatic carbocycles. The molecule has 16 heavy (non-hydrogen) atoms. The molecule has 0 saturated heterocycles. The molecule has 86 valence electrons. The van der Waals surface area contributed by atoms with Gasteiger partial charge in [0.05, 0.1) is 0 Å². The van der Waals surface area contributed by atoms with Crippen molar-refractivity contribution in [3.63, 3.8) is 0 Å². The van der Waals surface area contributed by atoms with Crippen molar-refractivity contribution < 1.29 is 4.79 Å². The highest BCUT2D eigenvalue weighted by atomic mass is 16.1. The molecule has 2 heteroatoms. The third-order valence-corrected chi connectivity index (χ3v) is 2.63. The quantitative estimate of drug-likeness (QED) is 0.755. The van der Waals surface area contributed by atoms with Crippen molar-refractivity contribution >= 4 is 5.91 Å². The summed E-state index contributed by atoms with van der Waals surface area (Å²) < 4.78 is 0. The predicted molar refractivity (Wildman–Crippen MR) is 67.3 cm³/mol. The van der Waals surface area contributed by atoms with Crippen molar-refractivity contribution in [1.29, 1.82) is 0 Å². The highest BCUT2D eigenvalue weighted by Crippen LogP contribution is 2.07. The molecule has 1 amide bonds. The van der Waals surface area contributed by atoms with Gasteiger partial charge in [0.25, 0.3) is 0 Å². The summed E-state index contributed by atoms with van der Waals surface area (Å²) in [5, 5.41) is 2.92. The fourth-order valence-corrected chi connectivity index (χ4v) is 1.57. The highest BCUT2D eigenvalue weighted by molar-refractivity contribution is 5.87. The van der Waals surface area contributed by atoms with Crippen molar-refractivity contribution in [2.75, 3.05) is 0 Å². The normalized spacial score (nSPS) is 11.9. The van der Waals surface area contributed by atoms with Crippen LogP contribution >= 0.6 is 0 Å². The van der Waals surface area contributed by atoms with Crippen LogP contribution < -0.4 is 5.32 Å². The Labute approximate surface area is 97.4 Å². The lowest BCUT2D eigenvalue weighted by molar-refractivity contribution is -0.117. The molecule has 0 spiro atoms. The number of rotatable bonds is 5. The van der Waals surface area contributed by atoms with E-state index in [9.17, 15) is 4.79 Å². The van der Waals surface area contributed by atoms with E-state index in [4.69, 9.17) is 0 Å². The number of carbonyl (C=O) groups is 1. The molecule has 0 fully saturated rings. The lowest BCUT2D eigenvalue weighted by atomic mass is 10.0. The summed E-state index contributed by atoms with van der Waals surface area (Å²) in [5.41, 5.74) is 2.51. The maximum Gasteiger partial charge on any atom is 0.243 e. The number of carbonyl (C=O) groups excluding carboxylic acids is 1. The second-order valence-electron chi connectivity index (χ2n) is 4.01. The first-order chi connectivity index (χ1) is 7.65. The number of hydrogen-bond acceptors (Lipinski definition) is 1. The maximum absolute atomic E-state index is 11.2. The van der Waals surface area contributed by atoms with Crippen LogP contribution in [0.25, 0.3) is 0 Å². The topological polar surface area (TPSA) is 29.1 Å². The van der Waals surface area contributed by atoms with Crippen molar-refractivity contribution in [2.24, 2.45) is 0 Å². The molecule has 1 aromatic carbocycles. The summed E-state index contributed by atoms with van der Waals surface area (Å²) in [6, 6.07) is 8.60. The van der Waals surface area contributed by atoms with Gasteiger partial charge in [-0.05, 0) is 31.4 Å². The fraction of sp³-hybridized carbons (Fsp3) is 0.357. The third-order valence-electron chi connectivity index (χ3n) is 2.63. The number of amides is 1. The Hall–Kier alpha value is -1.57. The number of hydrogen-bond donors (Lipinski definition) is 1. The number of aryl methyl sites for hydroxylation is 1. The van der Waals surface area contributed by atoms with Gasteiger partial charge in [-0.2, -0.15) is 0 Å². The van der Waals surface area contributed by atoms with E-state index in [1.54, 1.807) is 0 Å². The summed E-state index contributed by atoms with van der Waals surface area (Å²) >= 11 is 0. The van der Waals surface area contributed by atoms with Crippen molar-refractivity contribution in [1.82, 2.24) is 5.32 Å². The van der Waals surface area contributed by atoms with Gasteiger partial charge in [0.1, 0.15) is 0 Å². The van der Waals surface area contributed by atoms with Gasteiger partial charge < -0.3 is 5.32 Å². The molecule has 0 aliphatic heterocycles. The summed E-state index contributed by atoms with van der Waals surface area (Å²) in [6.07, 6.45) is 3.11. The highest BCUT2D eigenvalue weighted by Gasteiger charge is 2.08. The molecule has 0 aliphatic rings. The first-order valence-corrected chi connectivity index (χ1v) is 5.64. The average molecular weight is 217 g/mol. The summed E-state index contributed by atoms with van der Waals surface area (Å²) in [6.45, 7) is 7.60. The first kappa shape index (κ1) is 12.5. The zero-order valence-corrected chi connectivity index (χ0v) is 9.99. The molecular formula is C14H19NO. The maximum atomic E-state index is 11.2. The van der Waals surface area contributed by atoms with Crippen molar-refractivity contribution in [3.05, 3.63) is 48.0 Å². The zero-order chi connectivity index (χ0) is 12.0. The second kappa shape index (κ2) is 6.11. The van der Waals surface area contributed by atoms with Gasteiger partial charge in [-0.1, -0.05) is 43.3 Å². The Bertz CT molecular complexity index is 354. The Morgan fingerprint density at radius 3 is 2.56 bits per heavy atom. The summed E-state index contributed by atoms with van der Waals surface area (Å²) in [4.78, 5) is 11.2. The van der Waals surface area contributed by atoms with Gasteiger partial charge in [-0.3, -0.25) is 4.79 Å². The lowest BCUT2D eigenvalue weighted by Crippen LogP contribution is -2.34. The molecule has 0 aromatic heterocycles. The number of benzene rings is 1. The Morgan fingerprint density at radius 2 is 2.06 bits per heavy atom. The van der Waals surface area contributed by atoms with Gasteiger partial charge in [-0.25, -0.2) is 0 Å². The van der Waals surface area contributed by atoms with Crippen LogP contribution in [0.15, 0.2) is 36.9 Å². The molecule has 1 unspecified atom stereocenters. The average Bonchev–Trinajstić information content (AvgIpc) is 2.30. The van der Waals surface area contributed by atoms with Crippen molar-refractivity contribution in [2.45, 2.75) is 32.7 Å². The molecule has 0 radical (unpaired) electrons. The van der Waals surface area contributed by atoms with Gasteiger partial charge in [0, 0.05) is 6.04 Å². The first-order valence-electron chi connectivity index (χ1n) is 5.64. The molecule has 0 heterocycles. The summed E-state index contributed by atoms with van der Waals surface area (Å²) in [5.74, 6) is -0.0982. The van der Waals surface area contributed by atoms with Crippen LogP contribution in [0.5, 0.6) is 0 Å². The smallest absolute Gasteiger partial charge is 0.243 e.